The summed E-state index contributed by atoms with van der Waals surface area (Å²) in [5.41, 5.74) is 0.287. The number of rotatable bonds is 4. The smallest absolute Gasteiger partial charge is 0.251 e. The molecule has 0 aliphatic carbocycles. The van der Waals surface area contributed by atoms with Crippen LogP contribution < -0.4 is 5.32 Å². The van der Waals surface area contributed by atoms with E-state index in [1.807, 2.05) is 0 Å². The van der Waals surface area contributed by atoms with E-state index >= 15 is 0 Å². The van der Waals surface area contributed by atoms with Gasteiger partial charge in [-0.15, -0.1) is 0 Å². The highest BCUT2D eigenvalue weighted by molar-refractivity contribution is 6.64. The van der Waals surface area contributed by atoms with E-state index in [1.54, 1.807) is 13.8 Å². The van der Waals surface area contributed by atoms with E-state index in [-0.39, 0.29) is 11.5 Å². The molecule has 0 aliphatic rings. The van der Waals surface area contributed by atoms with Gasteiger partial charge in [0.25, 0.3) is 5.91 Å². The number of halogens is 2. The molecule has 5 heteroatoms. The van der Waals surface area contributed by atoms with E-state index in [0.717, 1.165) is 0 Å². The predicted octanol–water partition coefficient (Wildman–Crippen LogP) is 2.35. The predicted molar refractivity (Wildman–Crippen MR) is 63.4 cm³/mol. The second-order valence-corrected chi connectivity index (χ2v) is 4.38. The number of hydrogen-bond acceptors (Lipinski definition) is 2. The van der Waals surface area contributed by atoms with Crippen LogP contribution in [0.3, 0.4) is 0 Å². The highest BCUT2D eigenvalue weighted by Crippen LogP contribution is 2.08. The standard InChI is InChI=1S/C12H13ClFNO2/c1-7(2)10(11(13)16)15-12(17)8-3-5-9(14)6-4-8/h3-7,10H,1-2H3,(H,15,17). The first-order valence-electron chi connectivity index (χ1n) is 5.17. The molecule has 0 heterocycles. The lowest BCUT2D eigenvalue weighted by atomic mass is 10.1. The first-order chi connectivity index (χ1) is 7.91. The summed E-state index contributed by atoms with van der Waals surface area (Å²) in [4.78, 5) is 22.8. The average molecular weight is 258 g/mol. The maximum absolute atomic E-state index is 12.7. The molecule has 0 aromatic heterocycles. The fourth-order valence-electron chi connectivity index (χ4n) is 1.31. The Hall–Kier alpha value is -1.42. The van der Waals surface area contributed by atoms with Gasteiger partial charge in [-0.2, -0.15) is 0 Å². The van der Waals surface area contributed by atoms with Gasteiger partial charge >= 0.3 is 0 Å². The molecule has 1 unspecified atom stereocenters. The largest absolute Gasteiger partial charge is 0.341 e. The van der Waals surface area contributed by atoms with Crippen LogP contribution in [0, 0.1) is 11.7 Å². The summed E-state index contributed by atoms with van der Waals surface area (Å²) < 4.78 is 12.7. The Morgan fingerprint density at radius 1 is 1.24 bits per heavy atom. The van der Waals surface area contributed by atoms with Crippen molar-refractivity contribution in [3.8, 4) is 0 Å². The Bertz CT molecular complexity index is 417. The first kappa shape index (κ1) is 13.6. The zero-order valence-electron chi connectivity index (χ0n) is 9.54. The molecule has 1 rings (SSSR count). The summed E-state index contributed by atoms with van der Waals surface area (Å²) in [5, 5.41) is 1.89. The Labute approximate surface area is 104 Å². The van der Waals surface area contributed by atoms with Crippen LogP contribution in [-0.2, 0) is 4.79 Å². The molecule has 3 nitrogen and oxygen atoms in total. The van der Waals surface area contributed by atoms with Crippen molar-refractivity contribution >= 4 is 22.8 Å². The average Bonchev–Trinajstić information content (AvgIpc) is 2.25. The van der Waals surface area contributed by atoms with Gasteiger partial charge < -0.3 is 5.32 Å². The number of hydrogen-bond donors (Lipinski definition) is 1. The van der Waals surface area contributed by atoms with Crippen LogP contribution in [0.5, 0.6) is 0 Å². The van der Waals surface area contributed by atoms with E-state index < -0.39 is 23.0 Å². The Morgan fingerprint density at radius 2 is 1.76 bits per heavy atom. The van der Waals surface area contributed by atoms with Gasteiger partial charge in [0.2, 0.25) is 5.24 Å². The van der Waals surface area contributed by atoms with Gasteiger partial charge in [-0.05, 0) is 41.8 Å². The van der Waals surface area contributed by atoms with Crippen LogP contribution in [0.4, 0.5) is 4.39 Å². The summed E-state index contributed by atoms with van der Waals surface area (Å²) in [6, 6.07) is 4.32. The lowest BCUT2D eigenvalue weighted by molar-refractivity contribution is -0.114. The molecule has 0 saturated heterocycles. The van der Waals surface area contributed by atoms with Gasteiger partial charge in [0.15, 0.2) is 0 Å². The monoisotopic (exact) mass is 257 g/mol. The Morgan fingerprint density at radius 3 is 2.18 bits per heavy atom. The van der Waals surface area contributed by atoms with E-state index in [4.69, 9.17) is 11.6 Å². The number of amides is 1. The van der Waals surface area contributed by atoms with Gasteiger partial charge in [0, 0.05) is 5.56 Å². The summed E-state index contributed by atoms with van der Waals surface area (Å²) in [5.74, 6) is -0.975. The zero-order chi connectivity index (χ0) is 13.0. The number of carbonyl (C=O) groups is 2. The molecule has 92 valence electrons. The quantitative estimate of drug-likeness (QED) is 0.842. The van der Waals surface area contributed by atoms with E-state index in [0.29, 0.717) is 0 Å². The molecule has 1 aromatic rings. The maximum Gasteiger partial charge on any atom is 0.251 e. The van der Waals surface area contributed by atoms with Crippen LogP contribution in [0.1, 0.15) is 24.2 Å². The van der Waals surface area contributed by atoms with E-state index in [1.165, 1.54) is 24.3 Å². The molecule has 0 aliphatic heterocycles. The van der Waals surface area contributed by atoms with Crippen LogP contribution in [0.2, 0.25) is 0 Å². The summed E-state index contributed by atoms with van der Waals surface area (Å²) >= 11 is 5.38. The van der Waals surface area contributed by atoms with Gasteiger partial charge in [-0.25, -0.2) is 4.39 Å². The molecule has 0 bridgehead atoms. The van der Waals surface area contributed by atoms with Crippen molar-refractivity contribution in [1.82, 2.24) is 5.32 Å². The normalized spacial score (nSPS) is 12.3. The van der Waals surface area contributed by atoms with E-state index in [9.17, 15) is 14.0 Å². The molecule has 1 N–H and O–H groups in total. The van der Waals surface area contributed by atoms with Crippen LogP contribution in [0.25, 0.3) is 0 Å². The van der Waals surface area contributed by atoms with Crippen molar-refractivity contribution in [2.75, 3.05) is 0 Å². The second-order valence-electron chi connectivity index (χ2n) is 4.01. The summed E-state index contributed by atoms with van der Waals surface area (Å²) in [7, 11) is 0. The third-order valence-corrected chi connectivity index (χ3v) is 2.54. The van der Waals surface area contributed by atoms with Crippen molar-refractivity contribution in [2.24, 2.45) is 5.92 Å². The molecule has 0 radical (unpaired) electrons. The lowest BCUT2D eigenvalue weighted by Crippen LogP contribution is -2.42. The third kappa shape index (κ3) is 3.82. The van der Waals surface area contributed by atoms with Gasteiger partial charge in [0.1, 0.15) is 11.9 Å². The lowest BCUT2D eigenvalue weighted by Gasteiger charge is -2.18. The SMILES string of the molecule is CC(C)C(NC(=O)c1ccc(F)cc1)C(=O)Cl. The Balaban J connectivity index is 2.77. The minimum atomic E-state index is -0.741. The molecule has 1 amide bonds. The zero-order valence-corrected chi connectivity index (χ0v) is 10.3. The van der Waals surface area contributed by atoms with Gasteiger partial charge in [-0.1, -0.05) is 13.8 Å². The maximum atomic E-state index is 12.7. The molecular weight excluding hydrogens is 245 g/mol. The van der Waals surface area contributed by atoms with Crippen molar-refractivity contribution in [1.29, 1.82) is 0 Å². The molecule has 0 spiro atoms. The summed E-state index contributed by atoms with van der Waals surface area (Å²) in [6.07, 6.45) is 0. The second kappa shape index (κ2) is 5.77. The van der Waals surface area contributed by atoms with Crippen molar-refractivity contribution in [3.05, 3.63) is 35.6 Å². The first-order valence-corrected chi connectivity index (χ1v) is 5.55. The molecular formula is C12H13ClFNO2. The van der Waals surface area contributed by atoms with Crippen molar-refractivity contribution in [2.45, 2.75) is 19.9 Å². The fourth-order valence-corrected chi connectivity index (χ4v) is 1.62. The minimum Gasteiger partial charge on any atom is -0.341 e. The van der Waals surface area contributed by atoms with Crippen LogP contribution >= 0.6 is 11.6 Å². The number of nitrogens with one attached hydrogen (secondary N) is 1. The number of carbonyl (C=O) groups excluding carboxylic acids is 2. The third-order valence-electron chi connectivity index (χ3n) is 2.30. The van der Waals surface area contributed by atoms with Crippen molar-refractivity contribution in [3.63, 3.8) is 0 Å². The molecule has 1 aromatic carbocycles. The molecule has 0 fully saturated rings. The van der Waals surface area contributed by atoms with Crippen LogP contribution in [0.15, 0.2) is 24.3 Å². The minimum absolute atomic E-state index is 0.107. The van der Waals surface area contributed by atoms with Gasteiger partial charge in [-0.3, -0.25) is 9.59 Å². The molecule has 1 atom stereocenters. The topological polar surface area (TPSA) is 46.2 Å². The molecule has 0 saturated carbocycles. The Kier molecular flexibility index (Phi) is 4.63. The van der Waals surface area contributed by atoms with Gasteiger partial charge in [0.05, 0.1) is 0 Å². The van der Waals surface area contributed by atoms with Crippen molar-refractivity contribution < 1.29 is 14.0 Å². The fraction of sp³-hybridized carbons (Fsp3) is 0.333. The van der Waals surface area contributed by atoms with Crippen LogP contribution in [-0.4, -0.2) is 17.2 Å². The number of benzene rings is 1. The summed E-state index contributed by atoms with van der Waals surface area (Å²) in [6.45, 7) is 3.55. The highest BCUT2D eigenvalue weighted by atomic mass is 35.5. The molecule has 17 heavy (non-hydrogen) atoms. The highest BCUT2D eigenvalue weighted by Gasteiger charge is 2.22. The van der Waals surface area contributed by atoms with E-state index in [2.05, 4.69) is 5.32 Å².